The van der Waals surface area contributed by atoms with Gasteiger partial charge in [0.1, 0.15) is 0 Å². The number of nitrogens with one attached hydrogen (secondary N) is 1. The van der Waals surface area contributed by atoms with E-state index in [1.165, 1.54) is 12.1 Å². The van der Waals surface area contributed by atoms with Crippen LogP contribution in [0.15, 0.2) is 89.5 Å². The maximum Gasteiger partial charge on any atom is 0.416 e. The molecule has 1 atom stereocenters. The van der Waals surface area contributed by atoms with Crippen LogP contribution in [0, 0.1) is 0 Å². The molecule has 41 heavy (non-hydrogen) atoms. The lowest BCUT2D eigenvalue weighted by atomic mass is 10.1. The molecule has 5 rings (SSSR count). The van der Waals surface area contributed by atoms with Crippen molar-refractivity contribution in [3.63, 3.8) is 0 Å². The lowest BCUT2D eigenvalue weighted by molar-refractivity contribution is -0.141. The quantitative estimate of drug-likeness (QED) is 0.231. The summed E-state index contributed by atoms with van der Waals surface area (Å²) in [6.07, 6.45) is -2.79. The number of nitrogens with zero attached hydrogens (tertiary/aromatic N) is 2. The van der Waals surface area contributed by atoms with E-state index in [4.69, 9.17) is 9.15 Å². The van der Waals surface area contributed by atoms with Crippen molar-refractivity contribution in [3.8, 4) is 22.8 Å². The number of carboxylic acid groups (broad SMARTS) is 1. The van der Waals surface area contributed by atoms with Crippen molar-refractivity contribution < 1.29 is 37.0 Å². The molecule has 0 radical (unpaired) electrons. The second-order valence-electron chi connectivity index (χ2n) is 9.31. The van der Waals surface area contributed by atoms with E-state index in [1.807, 2.05) is 66.2 Å². The van der Waals surface area contributed by atoms with Gasteiger partial charge in [-0.05, 0) is 35.9 Å². The Labute approximate surface area is 232 Å². The molecular weight excluding hydrogens is 539 g/mol. The molecular formula is C30H24F3N3O5. The Morgan fingerprint density at radius 2 is 1.71 bits per heavy atom. The van der Waals surface area contributed by atoms with Gasteiger partial charge in [-0.3, -0.25) is 4.79 Å². The van der Waals surface area contributed by atoms with Crippen molar-refractivity contribution in [2.45, 2.75) is 18.8 Å². The van der Waals surface area contributed by atoms with E-state index in [-0.39, 0.29) is 36.1 Å². The number of hydrogen-bond donors (Lipinski definition) is 2. The summed E-state index contributed by atoms with van der Waals surface area (Å²) in [5.41, 5.74) is 1.31. The van der Waals surface area contributed by atoms with Gasteiger partial charge in [0.25, 0.3) is 5.91 Å². The monoisotopic (exact) mass is 563 g/mol. The number of aromatic nitrogens is 2. The fourth-order valence-electron chi connectivity index (χ4n) is 4.37. The number of rotatable bonds is 9. The Balaban J connectivity index is 1.48. The van der Waals surface area contributed by atoms with Crippen LogP contribution in [0.1, 0.15) is 21.6 Å². The van der Waals surface area contributed by atoms with Crippen LogP contribution < -0.4 is 5.32 Å². The first-order valence-electron chi connectivity index (χ1n) is 12.5. The molecule has 1 unspecified atom stereocenters. The molecule has 0 aliphatic carbocycles. The summed E-state index contributed by atoms with van der Waals surface area (Å²) >= 11 is 0. The maximum absolute atomic E-state index is 13.5. The minimum Gasteiger partial charge on any atom is -0.480 e. The number of ether oxygens (including phenoxy) is 1. The second-order valence-corrected chi connectivity index (χ2v) is 9.31. The van der Waals surface area contributed by atoms with Gasteiger partial charge >= 0.3 is 12.1 Å². The molecule has 0 saturated carbocycles. The van der Waals surface area contributed by atoms with E-state index in [2.05, 4.69) is 10.3 Å². The highest BCUT2D eigenvalue weighted by Crippen LogP contribution is 2.36. The zero-order valence-electron chi connectivity index (χ0n) is 21.7. The highest BCUT2D eigenvalue weighted by Gasteiger charge is 2.31. The number of aliphatic carboxylic acids is 1. The fourth-order valence-corrected chi connectivity index (χ4v) is 4.37. The van der Waals surface area contributed by atoms with Crippen LogP contribution in [0.3, 0.4) is 0 Å². The van der Waals surface area contributed by atoms with Gasteiger partial charge in [-0.25, -0.2) is 9.78 Å². The van der Waals surface area contributed by atoms with Crippen LogP contribution in [0.5, 0.6) is 0 Å². The zero-order valence-corrected chi connectivity index (χ0v) is 21.7. The zero-order chi connectivity index (χ0) is 29.1. The number of amides is 1. The van der Waals surface area contributed by atoms with Crippen molar-refractivity contribution in [1.29, 1.82) is 0 Å². The van der Waals surface area contributed by atoms with Crippen molar-refractivity contribution >= 4 is 22.8 Å². The molecule has 210 valence electrons. The van der Waals surface area contributed by atoms with E-state index >= 15 is 0 Å². The number of aryl methyl sites for hydroxylation is 1. The van der Waals surface area contributed by atoms with Gasteiger partial charge in [0.05, 0.1) is 18.8 Å². The summed E-state index contributed by atoms with van der Waals surface area (Å²) in [4.78, 5) is 29.7. The largest absolute Gasteiger partial charge is 0.480 e. The molecule has 2 N–H and O–H groups in total. The molecule has 0 aliphatic rings. The van der Waals surface area contributed by atoms with Gasteiger partial charge in [0, 0.05) is 35.3 Å². The molecule has 0 spiro atoms. The molecule has 5 aromatic rings. The smallest absolute Gasteiger partial charge is 0.416 e. The van der Waals surface area contributed by atoms with Crippen LogP contribution >= 0.6 is 0 Å². The number of para-hydroxylation sites is 1. The van der Waals surface area contributed by atoms with Gasteiger partial charge < -0.3 is 24.1 Å². The topological polar surface area (TPSA) is 107 Å². The summed E-state index contributed by atoms with van der Waals surface area (Å²) in [6, 6.07) is 19.2. The summed E-state index contributed by atoms with van der Waals surface area (Å²) in [5, 5.41) is 12.9. The first-order valence-corrected chi connectivity index (χ1v) is 12.5. The molecule has 1 amide bonds. The number of carbonyl (C=O) groups is 2. The lowest BCUT2D eigenvalue weighted by Crippen LogP contribution is -2.44. The molecule has 3 aromatic carbocycles. The van der Waals surface area contributed by atoms with Crippen LogP contribution in [0.25, 0.3) is 33.7 Å². The normalized spacial score (nSPS) is 12.4. The van der Waals surface area contributed by atoms with Gasteiger partial charge in [-0.2, -0.15) is 13.2 Å². The Bertz CT molecular complexity index is 1690. The van der Waals surface area contributed by atoms with Crippen molar-refractivity contribution in [2.24, 2.45) is 7.05 Å². The molecule has 2 aromatic heterocycles. The Kier molecular flexibility index (Phi) is 7.62. The lowest BCUT2D eigenvalue weighted by Gasteiger charge is -2.14. The van der Waals surface area contributed by atoms with Gasteiger partial charge in [-0.15, -0.1) is 0 Å². The fraction of sp³-hybridized carbons (Fsp3) is 0.167. The van der Waals surface area contributed by atoms with E-state index in [1.54, 1.807) is 6.20 Å². The number of carboxylic acids is 1. The van der Waals surface area contributed by atoms with Gasteiger partial charge in [0.15, 0.2) is 17.5 Å². The number of oxazole rings is 1. The Hall–Kier alpha value is -4.90. The molecule has 2 heterocycles. The third-order valence-corrected chi connectivity index (χ3v) is 6.44. The number of alkyl halides is 3. The number of fused-ring (bicyclic) bond motifs is 1. The number of halogens is 3. The Morgan fingerprint density at radius 3 is 2.39 bits per heavy atom. The average molecular weight is 564 g/mol. The molecule has 8 nitrogen and oxygen atoms in total. The third-order valence-electron chi connectivity index (χ3n) is 6.44. The number of benzene rings is 3. The van der Waals surface area contributed by atoms with E-state index < -0.39 is 29.7 Å². The van der Waals surface area contributed by atoms with E-state index in [9.17, 15) is 27.9 Å². The molecule has 0 saturated heterocycles. The predicted molar refractivity (Wildman–Crippen MR) is 144 cm³/mol. The molecule has 0 bridgehead atoms. The standard InChI is InChI=1S/C30H24F3N3O5/c1-36-15-22(21-9-5-6-10-24(21)36)26-25(35-28(41-26)19-11-13-20(14-12-19)30(31,32)33)27(37)34-23(29(38)39)17-40-16-18-7-3-2-4-8-18/h2-15,23H,16-17H2,1H3,(H,34,37)(H,38,39). The van der Waals surface area contributed by atoms with Gasteiger partial charge in [-0.1, -0.05) is 48.5 Å². The number of carbonyl (C=O) groups excluding carboxylic acids is 1. The van der Waals surface area contributed by atoms with E-state index in [0.717, 1.165) is 28.6 Å². The highest BCUT2D eigenvalue weighted by atomic mass is 19.4. The van der Waals surface area contributed by atoms with Crippen LogP contribution in [0.2, 0.25) is 0 Å². The maximum atomic E-state index is 13.5. The number of hydrogen-bond acceptors (Lipinski definition) is 5. The first kappa shape index (κ1) is 27.7. The van der Waals surface area contributed by atoms with Crippen LogP contribution in [-0.2, 0) is 29.4 Å². The highest BCUT2D eigenvalue weighted by molar-refractivity contribution is 6.04. The summed E-state index contributed by atoms with van der Waals surface area (Å²) in [6.45, 7) is -0.174. The minimum absolute atomic E-state index is 0.0449. The second kappa shape index (κ2) is 11.3. The van der Waals surface area contributed by atoms with E-state index in [0.29, 0.717) is 5.56 Å². The molecule has 0 fully saturated rings. The van der Waals surface area contributed by atoms with Crippen molar-refractivity contribution in [1.82, 2.24) is 14.9 Å². The minimum atomic E-state index is -4.53. The van der Waals surface area contributed by atoms with Crippen molar-refractivity contribution in [3.05, 3.63) is 102 Å². The first-order chi connectivity index (χ1) is 19.6. The summed E-state index contributed by atoms with van der Waals surface area (Å²) in [5.74, 6) is -2.21. The van der Waals surface area contributed by atoms with Crippen LogP contribution in [-0.4, -0.2) is 39.2 Å². The van der Waals surface area contributed by atoms with Crippen molar-refractivity contribution in [2.75, 3.05) is 6.61 Å². The third kappa shape index (κ3) is 5.99. The summed E-state index contributed by atoms with van der Waals surface area (Å²) in [7, 11) is 1.81. The molecule has 11 heteroatoms. The molecule has 0 aliphatic heterocycles. The van der Waals surface area contributed by atoms with Crippen LogP contribution in [0.4, 0.5) is 13.2 Å². The van der Waals surface area contributed by atoms with Gasteiger partial charge in [0.2, 0.25) is 5.89 Å². The Morgan fingerprint density at radius 1 is 1.02 bits per heavy atom. The predicted octanol–water partition coefficient (Wildman–Crippen LogP) is 5.92. The summed E-state index contributed by atoms with van der Waals surface area (Å²) < 4.78 is 52.6. The average Bonchev–Trinajstić information content (AvgIpc) is 3.54. The SMILES string of the molecule is Cn1cc(-c2oc(-c3ccc(C(F)(F)F)cc3)nc2C(=O)NC(COCc2ccccc2)C(=O)O)c2ccccc21.